The van der Waals surface area contributed by atoms with E-state index in [0.29, 0.717) is 0 Å². The lowest BCUT2D eigenvalue weighted by Crippen LogP contribution is -2.51. The Bertz CT molecular complexity index is 2480. The predicted molar refractivity (Wildman–Crippen MR) is 291 cm³/mol. The van der Waals surface area contributed by atoms with Crippen LogP contribution in [0.1, 0.15) is 37.5 Å². The molecule has 5 amide bonds. The molecule has 0 aliphatic carbocycles. The number of methoxy groups -OCH3 is 3. The second-order valence-corrected chi connectivity index (χ2v) is 17.0. The number of nitrogens with two attached hydrogens (primary N) is 1. The van der Waals surface area contributed by atoms with E-state index in [4.69, 9.17) is 54.2 Å². The van der Waals surface area contributed by atoms with Crippen LogP contribution in [-0.2, 0) is 76.5 Å². The molecule has 448 valence electrons. The van der Waals surface area contributed by atoms with Crippen LogP contribution in [0.5, 0.6) is 5.75 Å². The summed E-state index contributed by atoms with van der Waals surface area (Å²) in [7, 11) is 4.44. The summed E-state index contributed by atoms with van der Waals surface area (Å²) in [4.78, 5) is 114. The predicted octanol–water partition coefficient (Wildman–Crippen LogP) is 3.02. The molecule has 6 atom stereocenters. The number of nitrogens with one attached hydrogen (secondary N) is 5. The van der Waals surface area contributed by atoms with E-state index >= 15 is 0 Å². The lowest BCUT2D eigenvalue weighted by atomic mass is 10.1. The molecule has 10 N–H and O–H groups in total. The van der Waals surface area contributed by atoms with Crippen molar-refractivity contribution in [3.63, 3.8) is 0 Å². The van der Waals surface area contributed by atoms with Gasteiger partial charge in [0.25, 0.3) is 5.69 Å². The highest BCUT2D eigenvalue weighted by Gasteiger charge is 2.27. The quantitative estimate of drug-likeness (QED) is 0.0130. The van der Waals surface area contributed by atoms with E-state index in [-0.39, 0.29) is 70.3 Å². The van der Waals surface area contributed by atoms with Crippen molar-refractivity contribution in [1.82, 2.24) is 26.6 Å². The first-order valence-corrected chi connectivity index (χ1v) is 24.9. The monoisotopic (exact) mass is 1150 g/mol. The zero-order valence-electron chi connectivity index (χ0n) is 46.0. The van der Waals surface area contributed by atoms with Crippen LogP contribution in [0.3, 0.4) is 0 Å². The Hall–Kier alpha value is -9.25. The minimum atomic E-state index is -1.17. The van der Waals surface area contributed by atoms with Crippen molar-refractivity contribution < 1.29 is 96.6 Å². The van der Waals surface area contributed by atoms with Crippen LogP contribution in [0.15, 0.2) is 115 Å². The molecule has 0 saturated heterocycles. The Morgan fingerprint density at radius 3 is 1.05 bits per heavy atom. The molecule has 0 bridgehead atoms. The summed E-state index contributed by atoms with van der Waals surface area (Å²) >= 11 is 0. The first-order valence-electron chi connectivity index (χ1n) is 24.9. The zero-order chi connectivity index (χ0) is 61.4. The normalized spacial score (nSPS) is 12.3. The number of hydrogen-bond acceptors (Lipinski definition) is 19. The molecule has 0 aliphatic heterocycles. The number of urea groups is 2. The van der Waals surface area contributed by atoms with Gasteiger partial charge in [-0.25, -0.2) is 28.8 Å². The van der Waals surface area contributed by atoms with E-state index in [9.17, 15) is 53.3 Å². The highest BCUT2D eigenvalue weighted by atomic mass is 16.6. The number of rotatable bonds is 28. The number of carboxylic acids is 3. The number of nitrogens with zero attached hydrogens (tertiary/aromatic N) is 1. The molecule has 4 aromatic rings. The van der Waals surface area contributed by atoms with Gasteiger partial charge < -0.3 is 80.8 Å². The summed E-state index contributed by atoms with van der Waals surface area (Å²) in [5, 5.41) is 48.0. The maximum atomic E-state index is 12.3. The Kier molecular flexibility index (Phi) is 35.3. The minimum absolute atomic E-state index is 0.0553. The molecular weight excluding hydrogens is 1080 g/mol. The van der Waals surface area contributed by atoms with Crippen molar-refractivity contribution in [2.24, 2.45) is 5.73 Å². The van der Waals surface area contributed by atoms with Gasteiger partial charge in [0, 0.05) is 52.7 Å². The topological polar surface area (TPSA) is 408 Å². The maximum Gasteiger partial charge on any atom is 0.413 e. The van der Waals surface area contributed by atoms with E-state index < -0.39 is 95.1 Å². The van der Waals surface area contributed by atoms with Crippen LogP contribution in [0.4, 0.5) is 20.1 Å². The van der Waals surface area contributed by atoms with Crippen LogP contribution >= 0.6 is 0 Å². The van der Waals surface area contributed by atoms with Gasteiger partial charge in [0.15, 0.2) is 0 Å². The Balaban J connectivity index is 0.000000586. The Labute approximate surface area is 472 Å². The van der Waals surface area contributed by atoms with Crippen molar-refractivity contribution >= 4 is 59.7 Å². The van der Waals surface area contributed by atoms with E-state index in [1.54, 1.807) is 0 Å². The number of carbonyl (C=O) groups excluding carboxylic acids is 6. The number of amides is 5. The van der Waals surface area contributed by atoms with Crippen molar-refractivity contribution in [3.05, 3.63) is 142 Å². The van der Waals surface area contributed by atoms with Crippen molar-refractivity contribution in [1.29, 1.82) is 0 Å². The lowest BCUT2D eigenvalue weighted by molar-refractivity contribution is -0.384. The Morgan fingerprint density at radius 2 is 0.780 bits per heavy atom. The smallest absolute Gasteiger partial charge is 0.413 e. The average molecular weight is 1150 g/mol. The number of hydrogen-bond donors (Lipinski definition) is 9. The average Bonchev–Trinajstić information content (AvgIpc) is 3.46. The molecule has 28 nitrogen and oxygen atoms in total. The first kappa shape index (κ1) is 70.8. The van der Waals surface area contributed by atoms with Gasteiger partial charge in [-0.15, -0.1) is 0 Å². The third-order valence-electron chi connectivity index (χ3n) is 10.3. The number of ether oxygens (including phenoxy) is 7. The number of nitro groups is 1. The number of esters is 3. The maximum absolute atomic E-state index is 12.3. The summed E-state index contributed by atoms with van der Waals surface area (Å²) in [6.07, 6.45) is -0.219. The van der Waals surface area contributed by atoms with Gasteiger partial charge in [-0.1, -0.05) is 91.0 Å². The molecule has 0 saturated carbocycles. The van der Waals surface area contributed by atoms with Gasteiger partial charge in [-0.05, 0) is 49.6 Å². The molecule has 0 aromatic heterocycles. The molecule has 4 rings (SSSR count). The summed E-state index contributed by atoms with van der Waals surface area (Å²) in [6.45, 7) is 4.97. The van der Waals surface area contributed by atoms with E-state index in [1.165, 1.54) is 66.4 Å². The lowest BCUT2D eigenvalue weighted by Gasteiger charge is -2.19. The fourth-order valence-corrected chi connectivity index (χ4v) is 5.94. The first-order chi connectivity index (χ1) is 39.0. The van der Waals surface area contributed by atoms with Gasteiger partial charge >= 0.3 is 54.0 Å². The van der Waals surface area contributed by atoms with Gasteiger partial charge in [-0.3, -0.25) is 24.5 Å². The second-order valence-electron chi connectivity index (χ2n) is 17.0. The molecule has 4 aromatic carbocycles. The Morgan fingerprint density at radius 1 is 0.476 bits per heavy atom. The highest BCUT2D eigenvalue weighted by Crippen LogP contribution is 2.18. The molecule has 0 radical (unpaired) electrons. The fraction of sp³-hybridized carbons (Fsp3) is 0.389. The summed E-state index contributed by atoms with van der Waals surface area (Å²) in [6, 6.07) is 25.1. The zero-order valence-corrected chi connectivity index (χ0v) is 46.0. The van der Waals surface area contributed by atoms with Crippen molar-refractivity contribution in [2.45, 2.75) is 76.3 Å². The molecule has 0 fully saturated rings. The van der Waals surface area contributed by atoms with Crippen molar-refractivity contribution in [2.75, 3.05) is 61.0 Å². The molecule has 0 heterocycles. The second kappa shape index (κ2) is 40.9. The van der Waals surface area contributed by atoms with Crippen molar-refractivity contribution in [3.8, 4) is 5.75 Å². The molecular formula is C54H71N7O21. The number of nitro benzene ring substituents is 1. The van der Waals surface area contributed by atoms with Crippen LogP contribution in [0.25, 0.3) is 0 Å². The van der Waals surface area contributed by atoms with Crippen LogP contribution in [0.2, 0.25) is 0 Å². The van der Waals surface area contributed by atoms with Gasteiger partial charge in [0.05, 0.1) is 24.7 Å². The van der Waals surface area contributed by atoms with E-state index in [1.807, 2.05) is 91.0 Å². The molecule has 0 aliphatic rings. The third kappa shape index (κ3) is 32.0. The summed E-state index contributed by atoms with van der Waals surface area (Å²) in [5.41, 5.74) is 7.20. The summed E-state index contributed by atoms with van der Waals surface area (Å²) in [5.74, 6) is -5.06. The summed E-state index contributed by atoms with van der Waals surface area (Å²) < 4.78 is 34.7. The van der Waals surface area contributed by atoms with Gasteiger partial charge in [0.1, 0.15) is 61.8 Å². The largest absolute Gasteiger partial charge is 0.480 e. The number of carboxylic acid groups (broad SMARTS) is 3. The highest BCUT2D eigenvalue weighted by molar-refractivity contribution is 5.88. The molecule has 0 spiro atoms. The third-order valence-corrected chi connectivity index (χ3v) is 10.3. The van der Waals surface area contributed by atoms with Crippen LogP contribution < -0.4 is 37.1 Å². The molecule has 1 unspecified atom stereocenters. The van der Waals surface area contributed by atoms with E-state index in [2.05, 4.69) is 26.6 Å². The molecule has 82 heavy (non-hydrogen) atoms. The number of non-ortho nitro benzene ring substituents is 1. The fourth-order valence-electron chi connectivity index (χ4n) is 5.94. The SMILES string of the molecule is CC(N)C(=O)O.COCCOC(=O)[C@@H](Cc1ccccc1)NC(=O)N[C@@H](C)C(=O)O.COCCOC(=O)[C@@H](Cc1ccccc1)NC(=O)N[C@H](C)C(=O)O.COCCOC(=O)[C@@H](Cc1ccccc1)NC(=O)Oc1ccc([N+](=O)[O-])cc1. The van der Waals surface area contributed by atoms with Gasteiger partial charge in [0.2, 0.25) is 0 Å². The number of aliphatic carboxylic acids is 3. The minimum Gasteiger partial charge on any atom is -0.480 e. The number of benzene rings is 4. The standard InChI is InChI=1S/C19H20N2O7.2C16H22N2O6.C3H7NO2/c1-26-11-12-27-18(22)17(13-14-5-3-2-4-6-14)20-19(23)28-16-9-7-15(8-10-16)21(24)25;2*1-11(14(19)20)17-16(22)18-13(15(21)24-9-8-23-2)10-12-6-4-3-5-7-12;1-2(4)3(5)6/h2-10,17H,11-13H2,1H3,(H,20,23);2*3-7,11,13H,8-10H2,1-2H3,(H,19,20)(H2,17,18,22);2H,4H2,1H3,(H,5,6)/t17-;11-,13+;11-,13-;/m101./s1. The van der Waals surface area contributed by atoms with E-state index in [0.717, 1.165) is 16.7 Å². The number of carbonyl (C=O) groups is 9. The van der Waals surface area contributed by atoms with Gasteiger partial charge in [-0.2, -0.15) is 0 Å². The molecule has 28 heteroatoms. The van der Waals surface area contributed by atoms with Crippen LogP contribution in [0, 0.1) is 10.1 Å². The van der Waals surface area contributed by atoms with Crippen LogP contribution in [-0.4, -0.2) is 171 Å².